The van der Waals surface area contributed by atoms with Gasteiger partial charge in [0.05, 0.1) is 5.02 Å². The molecule has 0 amide bonds. The maximum atomic E-state index is 13.1. The van der Waals surface area contributed by atoms with Crippen molar-refractivity contribution in [1.29, 1.82) is 0 Å². The lowest BCUT2D eigenvalue weighted by molar-refractivity contribution is 0.269. The van der Waals surface area contributed by atoms with Gasteiger partial charge in [-0.25, -0.2) is 4.39 Å². The number of halogens is 2. The van der Waals surface area contributed by atoms with E-state index in [9.17, 15) is 4.39 Å². The second kappa shape index (κ2) is 3.96. The Bertz CT molecular complexity index is 448. The monoisotopic (exact) mass is 253 g/mol. The summed E-state index contributed by atoms with van der Waals surface area (Å²) in [5.41, 5.74) is 7.51. The molecular weight excluding hydrogens is 237 g/mol. The lowest BCUT2D eigenvalue weighted by Crippen LogP contribution is -2.46. The SMILES string of the molecule is NC1(Cc2ccc(F)c(Cl)c2)CC2CCC1C2. The van der Waals surface area contributed by atoms with Crippen molar-refractivity contribution in [3.05, 3.63) is 34.6 Å². The largest absolute Gasteiger partial charge is 0.325 e. The van der Waals surface area contributed by atoms with Gasteiger partial charge in [-0.3, -0.25) is 0 Å². The van der Waals surface area contributed by atoms with E-state index in [0.717, 1.165) is 24.3 Å². The summed E-state index contributed by atoms with van der Waals surface area (Å²) in [4.78, 5) is 0. The minimum absolute atomic E-state index is 0.0793. The Morgan fingerprint density at radius 3 is 2.82 bits per heavy atom. The minimum atomic E-state index is -0.352. The summed E-state index contributed by atoms with van der Waals surface area (Å²) in [5.74, 6) is 1.12. The van der Waals surface area contributed by atoms with Crippen LogP contribution in [0.3, 0.4) is 0 Å². The van der Waals surface area contributed by atoms with Crippen molar-refractivity contribution in [2.75, 3.05) is 0 Å². The molecule has 0 saturated heterocycles. The number of hydrogen-bond acceptors (Lipinski definition) is 1. The Morgan fingerprint density at radius 2 is 2.24 bits per heavy atom. The first-order chi connectivity index (χ1) is 8.07. The molecular formula is C14H17ClFN. The van der Waals surface area contributed by atoms with Gasteiger partial charge < -0.3 is 5.73 Å². The van der Waals surface area contributed by atoms with Gasteiger partial charge >= 0.3 is 0 Å². The zero-order valence-corrected chi connectivity index (χ0v) is 10.5. The van der Waals surface area contributed by atoms with Crippen LogP contribution in [0.15, 0.2) is 18.2 Å². The predicted molar refractivity (Wildman–Crippen MR) is 67.5 cm³/mol. The molecule has 2 bridgehead atoms. The van der Waals surface area contributed by atoms with Gasteiger partial charge in [-0.15, -0.1) is 0 Å². The van der Waals surface area contributed by atoms with Crippen LogP contribution in [0.25, 0.3) is 0 Å². The van der Waals surface area contributed by atoms with E-state index in [1.807, 2.05) is 6.07 Å². The third kappa shape index (κ3) is 1.98. The zero-order chi connectivity index (χ0) is 12.0. The smallest absolute Gasteiger partial charge is 0.141 e. The molecule has 92 valence electrons. The Kier molecular flexibility index (Phi) is 2.68. The van der Waals surface area contributed by atoms with Crippen molar-refractivity contribution >= 4 is 11.6 Å². The number of hydrogen-bond donors (Lipinski definition) is 1. The van der Waals surface area contributed by atoms with Gasteiger partial charge in [0, 0.05) is 5.54 Å². The van der Waals surface area contributed by atoms with Crippen LogP contribution in [0.4, 0.5) is 4.39 Å². The Labute approximate surface area is 106 Å². The second-order valence-electron chi connectivity index (χ2n) is 5.74. The molecule has 2 aliphatic carbocycles. The Hall–Kier alpha value is -0.600. The van der Waals surface area contributed by atoms with E-state index in [1.165, 1.54) is 25.3 Å². The maximum absolute atomic E-state index is 13.1. The molecule has 0 aliphatic heterocycles. The molecule has 0 heterocycles. The first-order valence-electron chi connectivity index (χ1n) is 6.30. The van der Waals surface area contributed by atoms with Gasteiger partial charge in [-0.2, -0.15) is 0 Å². The van der Waals surface area contributed by atoms with Crippen molar-refractivity contribution in [3.8, 4) is 0 Å². The first-order valence-corrected chi connectivity index (χ1v) is 6.67. The molecule has 1 nitrogen and oxygen atoms in total. The molecule has 17 heavy (non-hydrogen) atoms. The van der Waals surface area contributed by atoms with Crippen molar-refractivity contribution in [1.82, 2.24) is 0 Å². The molecule has 3 rings (SSSR count). The lowest BCUT2D eigenvalue weighted by Gasteiger charge is -2.34. The van der Waals surface area contributed by atoms with E-state index in [4.69, 9.17) is 17.3 Å². The molecule has 0 aromatic heterocycles. The molecule has 0 spiro atoms. The van der Waals surface area contributed by atoms with Crippen LogP contribution in [-0.2, 0) is 6.42 Å². The fourth-order valence-electron chi connectivity index (χ4n) is 3.73. The van der Waals surface area contributed by atoms with Gasteiger partial charge in [-0.1, -0.05) is 24.1 Å². The number of benzene rings is 1. The van der Waals surface area contributed by atoms with E-state index in [0.29, 0.717) is 5.92 Å². The first kappa shape index (κ1) is 11.5. The highest BCUT2D eigenvalue weighted by molar-refractivity contribution is 6.30. The summed E-state index contributed by atoms with van der Waals surface area (Å²) >= 11 is 5.81. The average molecular weight is 254 g/mol. The van der Waals surface area contributed by atoms with Crippen LogP contribution in [0.2, 0.25) is 5.02 Å². The van der Waals surface area contributed by atoms with E-state index < -0.39 is 0 Å². The van der Waals surface area contributed by atoms with Gasteiger partial charge in [0.25, 0.3) is 0 Å². The topological polar surface area (TPSA) is 26.0 Å². The standard InChI is InChI=1S/C14H17ClFN/c15-12-6-10(2-4-13(12)16)8-14(17)7-9-1-3-11(14)5-9/h2,4,6,9,11H,1,3,5,7-8,17H2. The van der Waals surface area contributed by atoms with Crippen LogP contribution in [0.5, 0.6) is 0 Å². The third-order valence-corrected chi connectivity index (χ3v) is 4.83. The molecule has 3 unspecified atom stereocenters. The summed E-state index contributed by atoms with van der Waals surface area (Å²) in [6.07, 6.45) is 5.83. The molecule has 1 aromatic carbocycles. The molecule has 2 saturated carbocycles. The molecule has 2 N–H and O–H groups in total. The molecule has 3 heteroatoms. The summed E-state index contributed by atoms with van der Waals surface area (Å²) in [7, 11) is 0. The summed E-state index contributed by atoms with van der Waals surface area (Å²) < 4.78 is 13.1. The highest BCUT2D eigenvalue weighted by Gasteiger charge is 2.48. The number of nitrogens with two attached hydrogens (primary N) is 1. The fourth-order valence-corrected chi connectivity index (χ4v) is 3.94. The van der Waals surface area contributed by atoms with E-state index in [2.05, 4.69) is 0 Å². The van der Waals surface area contributed by atoms with Crippen LogP contribution in [-0.4, -0.2) is 5.54 Å². The van der Waals surface area contributed by atoms with Crippen molar-refractivity contribution in [2.24, 2.45) is 17.6 Å². The molecule has 2 aliphatic rings. The van der Waals surface area contributed by atoms with Gasteiger partial charge in [0.15, 0.2) is 0 Å². The highest BCUT2D eigenvalue weighted by Crippen LogP contribution is 2.50. The van der Waals surface area contributed by atoms with E-state index in [1.54, 1.807) is 6.07 Å². The predicted octanol–water partition coefficient (Wildman–Crippen LogP) is 3.54. The van der Waals surface area contributed by atoms with Gasteiger partial charge in [0.1, 0.15) is 5.82 Å². The van der Waals surface area contributed by atoms with Crippen molar-refractivity contribution < 1.29 is 4.39 Å². The average Bonchev–Trinajstić information content (AvgIpc) is 2.83. The Morgan fingerprint density at radius 1 is 1.41 bits per heavy atom. The van der Waals surface area contributed by atoms with Crippen LogP contribution < -0.4 is 5.73 Å². The third-order valence-electron chi connectivity index (χ3n) is 4.54. The Balaban J connectivity index is 1.80. The van der Waals surface area contributed by atoms with E-state index in [-0.39, 0.29) is 16.4 Å². The van der Waals surface area contributed by atoms with E-state index >= 15 is 0 Å². The zero-order valence-electron chi connectivity index (χ0n) is 9.76. The number of rotatable bonds is 2. The fraction of sp³-hybridized carbons (Fsp3) is 0.571. The molecule has 0 radical (unpaired) electrons. The molecule has 3 atom stereocenters. The summed E-state index contributed by atoms with van der Waals surface area (Å²) in [5, 5.41) is 0.203. The lowest BCUT2D eigenvalue weighted by atomic mass is 9.77. The van der Waals surface area contributed by atoms with Crippen LogP contribution in [0, 0.1) is 17.7 Å². The minimum Gasteiger partial charge on any atom is -0.325 e. The maximum Gasteiger partial charge on any atom is 0.141 e. The van der Waals surface area contributed by atoms with Gasteiger partial charge in [0.2, 0.25) is 0 Å². The summed E-state index contributed by atoms with van der Waals surface area (Å²) in [6, 6.07) is 4.97. The molecule has 2 fully saturated rings. The van der Waals surface area contributed by atoms with Crippen molar-refractivity contribution in [2.45, 2.75) is 37.6 Å². The normalized spacial score (nSPS) is 35.5. The quantitative estimate of drug-likeness (QED) is 0.857. The van der Waals surface area contributed by atoms with Crippen molar-refractivity contribution in [3.63, 3.8) is 0 Å². The summed E-state index contributed by atoms with van der Waals surface area (Å²) in [6.45, 7) is 0. The highest BCUT2D eigenvalue weighted by atomic mass is 35.5. The van der Waals surface area contributed by atoms with Crippen LogP contribution >= 0.6 is 11.6 Å². The van der Waals surface area contributed by atoms with Gasteiger partial charge in [-0.05, 0) is 55.2 Å². The molecule has 1 aromatic rings. The number of fused-ring (bicyclic) bond motifs is 2. The van der Waals surface area contributed by atoms with Crippen LogP contribution in [0.1, 0.15) is 31.2 Å². The second-order valence-corrected chi connectivity index (χ2v) is 6.15.